The summed E-state index contributed by atoms with van der Waals surface area (Å²) >= 11 is 5.61. The molecule has 0 unspecified atom stereocenters. The van der Waals surface area contributed by atoms with Gasteiger partial charge in [-0.1, -0.05) is 13.8 Å². The van der Waals surface area contributed by atoms with Crippen LogP contribution in [-0.2, 0) is 16.7 Å². The number of nitriles is 1. The molecule has 0 N–H and O–H groups in total. The number of hydrogen-bond acceptors (Lipinski definition) is 8. The molecule has 0 radical (unpaired) electrons. The number of pyridine rings is 2. The van der Waals surface area contributed by atoms with Crippen molar-refractivity contribution in [3.63, 3.8) is 0 Å². The lowest BCUT2D eigenvalue weighted by molar-refractivity contribution is 0.194. The van der Waals surface area contributed by atoms with Gasteiger partial charge in [0.1, 0.15) is 5.82 Å². The fourth-order valence-corrected chi connectivity index (χ4v) is 5.63. The average molecular weight is 487 g/mol. The van der Waals surface area contributed by atoms with Crippen LogP contribution in [0, 0.1) is 16.1 Å². The summed E-state index contributed by atoms with van der Waals surface area (Å²) in [5.74, 6) is 0.806. The molecule has 1 aliphatic rings. The van der Waals surface area contributed by atoms with Gasteiger partial charge in [0.05, 0.1) is 23.2 Å². The van der Waals surface area contributed by atoms with Gasteiger partial charge < -0.3 is 4.90 Å². The normalized spacial score (nSPS) is 15.3. The number of nitrogens with zero attached hydrogens (tertiary/aromatic N) is 8. The largest absolute Gasteiger partial charge is 0.354 e. The highest BCUT2D eigenvalue weighted by molar-refractivity contribution is 7.89. The van der Waals surface area contributed by atoms with E-state index in [2.05, 4.69) is 26.0 Å². The van der Waals surface area contributed by atoms with Crippen molar-refractivity contribution in [1.29, 1.82) is 5.26 Å². The van der Waals surface area contributed by atoms with E-state index >= 15 is 0 Å². The van der Waals surface area contributed by atoms with E-state index in [1.165, 1.54) is 4.31 Å². The van der Waals surface area contributed by atoms with Crippen LogP contribution in [-0.4, -0.2) is 76.1 Å². The van der Waals surface area contributed by atoms with Crippen LogP contribution >= 0.6 is 12.2 Å². The molecule has 1 fully saturated rings. The van der Waals surface area contributed by atoms with Gasteiger partial charge >= 0.3 is 0 Å². The van der Waals surface area contributed by atoms with Crippen molar-refractivity contribution < 1.29 is 8.42 Å². The van der Waals surface area contributed by atoms with Gasteiger partial charge in [-0.15, -0.1) is 0 Å². The predicted octanol–water partition coefficient (Wildman–Crippen LogP) is 1.94. The first-order chi connectivity index (χ1) is 15.9. The Bertz CT molecular complexity index is 1350. The molecular formula is C21H26N8O2S2. The van der Waals surface area contributed by atoms with E-state index in [9.17, 15) is 8.42 Å². The summed E-state index contributed by atoms with van der Waals surface area (Å²) in [5, 5.41) is 13.7. The highest BCUT2D eigenvalue weighted by Gasteiger charge is 2.23. The van der Waals surface area contributed by atoms with E-state index in [0.717, 1.165) is 32.0 Å². The summed E-state index contributed by atoms with van der Waals surface area (Å²) in [4.78, 5) is 8.98. The topological polar surface area (TPSA) is 103 Å². The van der Waals surface area contributed by atoms with E-state index in [0.29, 0.717) is 35.7 Å². The van der Waals surface area contributed by atoms with E-state index in [1.54, 1.807) is 45.7 Å². The lowest BCUT2D eigenvalue weighted by atomic mass is 10.2. The van der Waals surface area contributed by atoms with Gasteiger partial charge in [-0.25, -0.2) is 18.1 Å². The van der Waals surface area contributed by atoms with E-state index in [1.807, 2.05) is 13.8 Å². The maximum atomic E-state index is 12.9. The van der Waals surface area contributed by atoms with Crippen LogP contribution in [0.2, 0.25) is 0 Å². The Kier molecular flexibility index (Phi) is 6.76. The van der Waals surface area contributed by atoms with Gasteiger partial charge in [0.25, 0.3) is 0 Å². The fourth-order valence-electron chi connectivity index (χ4n) is 3.92. The molecule has 12 heteroatoms. The zero-order valence-electron chi connectivity index (χ0n) is 18.6. The predicted molar refractivity (Wildman–Crippen MR) is 127 cm³/mol. The van der Waals surface area contributed by atoms with Crippen LogP contribution in [0.1, 0.15) is 19.4 Å². The Morgan fingerprint density at radius 1 is 1.15 bits per heavy atom. The summed E-state index contributed by atoms with van der Waals surface area (Å²) < 4.78 is 31.0. The van der Waals surface area contributed by atoms with Gasteiger partial charge in [-0.3, -0.25) is 9.30 Å². The number of sulfonamides is 1. The maximum absolute atomic E-state index is 12.9. The molecule has 174 valence electrons. The van der Waals surface area contributed by atoms with E-state index in [4.69, 9.17) is 17.5 Å². The third-order valence-corrected chi connectivity index (χ3v) is 8.24. The summed E-state index contributed by atoms with van der Waals surface area (Å²) in [7, 11) is -3.58. The van der Waals surface area contributed by atoms with Crippen molar-refractivity contribution in [2.45, 2.75) is 25.4 Å². The molecular weight excluding hydrogens is 460 g/mol. The summed E-state index contributed by atoms with van der Waals surface area (Å²) in [6, 6.07) is 8.92. The SMILES string of the molecule is CCN(CC)S(=O)(=O)c1ccc2nn(CN3CCN(c4cc(C#N)ccn4)CC3)c(=S)n2c1. The third kappa shape index (κ3) is 4.63. The van der Waals surface area contributed by atoms with Crippen molar-refractivity contribution in [3.8, 4) is 6.07 Å². The molecule has 0 atom stereocenters. The Balaban J connectivity index is 1.49. The minimum atomic E-state index is -3.58. The van der Waals surface area contributed by atoms with Crippen LogP contribution < -0.4 is 4.90 Å². The molecule has 1 aliphatic heterocycles. The van der Waals surface area contributed by atoms with Gasteiger partial charge in [-0.05, 0) is 36.5 Å². The number of hydrogen-bond donors (Lipinski definition) is 0. The highest BCUT2D eigenvalue weighted by Crippen LogP contribution is 2.18. The molecule has 1 saturated heterocycles. The summed E-state index contributed by atoms with van der Waals surface area (Å²) in [6.07, 6.45) is 3.21. The first-order valence-electron chi connectivity index (χ1n) is 10.8. The smallest absolute Gasteiger partial charge is 0.244 e. The molecule has 0 bridgehead atoms. The molecule has 0 spiro atoms. The number of anilines is 1. The molecule has 0 aromatic carbocycles. The van der Waals surface area contributed by atoms with Crippen LogP contribution in [0.3, 0.4) is 0 Å². The lowest BCUT2D eigenvalue weighted by Crippen LogP contribution is -2.47. The molecule has 0 saturated carbocycles. The molecule has 3 aromatic heterocycles. The van der Waals surface area contributed by atoms with Crippen LogP contribution in [0.4, 0.5) is 5.82 Å². The number of fused-ring (bicyclic) bond motifs is 1. The van der Waals surface area contributed by atoms with Gasteiger partial charge in [0.15, 0.2) is 5.65 Å². The van der Waals surface area contributed by atoms with Gasteiger partial charge in [0.2, 0.25) is 14.8 Å². The molecule has 3 aromatic rings. The molecule has 10 nitrogen and oxygen atoms in total. The third-order valence-electron chi connectivity index (χ3n) is 5.80. The summed E-state index contributed by atoms with van der Waals surface area (Å²) in [5.41, 5.74) is 1.20. The fraction of sp³-hybridized carbons (Fsp3) is 0.429. The van der Waals surface area contributed by atoms with E-state index in [-0.39, 0.29) is 4.90 Å². The first kappa shape index (κ1) is 23.3. The average Bonchev–Trinajstić information content (AvgIpc) is 3.14. The first-order valence-corrected chi connectivity index (χ1v) is 12.6. The van der Waals surface area contributed by atoms with Gasteiger partial charge in [0, 0.05) is 51.7 Å². The van der Waals surface area contributed by atoms with Crippen molar-refractivity contribution in [2.75, 3.05) is 44.2 Å². The second kappa shape index (κ2) is 9.56. The number of piperazine rings is 1. The molecule has 4 rings (SSSR count). The molecule has 33 heavy (non-hydrogen) atoms. The summed E-state index contributed by atoms with van der Waals surface area (Å²) in [6.45, 7) is 8.08. The van der Waals surface area contributed by atoms with Crippen LogP contribution in [0.15, 0.2) is 41.6 Å². The van der Waals surface area contributed by atoms with Crippen molar-refractivity contribution >= 4 is 33.7 Å². The van der Waals surface area contributed by atoms with Crippen molar-refractivity contribution in [1.82, 2.24) is 28.4 Å². The van der Waals surface area contributed by atoms with Crippen LogP contribution in [0.5, 0.6) is 0 Å². The lowest BCUT2D eigenvalue weighted by Gasteiger charge is -2.35. The highest BCUT2D eigenvalue weighted by atomic mass is 32.2. The minimum Gasteiger partial charge on any atom is -0.354 e. The second-order valence-electron chi connectivity index (χ2n) is 7.73. The van der Waals surface area contributed by atoms with E-state index < -0.39 is 10.0 Å². The second-order valence-corrected chi connectivity index (χ2v) is 10.0. The monoisotopic (exact) mass is 486 g/mol. The van der Waals surface area contributed by atoms with Crippen molar-refractivity contribution in [3.05, 3.63) is 47.0 Å². The standard InChI is InChI=1S/C21H26N8O2S2/c1-3-27(4-2)33(30,31)18-5-6-19-24-29(21(32)28(19)15-18)16-25-9-11-26(12-10-25)20-13-17(14-22)7-8-23-20/h5-8,13,15H,3-4,9-12,16H2,1-2H3. The van der Waals surface area contributed by atoms with Crippen LogP contribution in [0.25, 0.3) is 5.65 Å². The zero-order chi connectivity index (χ0) is 23.6. The van der Waals surface area contributed by atoms with Crippen molar-refractivity contribution in [2.24, 2.45) is 0 Å². The number of aromatic nitrogens is 4. The molecule has 0 amide bonds. The van der Waals surface area contributed by atoms with Gasteiger partial charge in [-0.2, -0.15) is 14.7 Å². The Labute approximate surface area is 198 Å². The maximum Gasteiger partial charge on any atom is 0.244 e. The molecule has 4 heterocycles. The Morgan fingerprint density at radius 3 is 2.55 bits per heavy atom. The number of rotatable bonds is 7. The Morgan fingerprint density at radius 2 is 1.88 bits per heavy atom. The quantitative estimate of drug-likeness (QED) is 0.467. The minimum absolute atomic E-state index is 0.204. The zero-order valence-corrected chi connectivity index (χ0v) is 20.3. The molecule has 0 aliphatic carbocycles. The Hall–Kier alpha value is -2.85.